The first-order valence-electron chi connectivity index (χ1n) is 8.77. The van der Waals surface area contributed by atoms with Gasteiger partial charge in [0.25, 0.3) is 10.1 Å². The molecule has 0 heterocycles. The number of hydrogen-bond acceptors (Lipinski definition) is 7. The molecule has 1 rings (SSSR count). The summed E-state index contributed by atoms with van der Waals surface area (Å²) in [6.45, 7) is 6.24. The smallest absolute Gasteiger partial charge is 0.296 e. The van der Waals surface area contributed by atoms with E-state index in [-0.39, 0.29) is 52.0 Å². The molecule has 0 saturated carbocycles. The molecule has 9 nitrogen and oxygen atoms in total. The topological polar surface area (TPSA) is 136 Å². The second kappa shape index (κ2) is 21.3. The van der Waals surface area contributed by atoms with Crippen molar-refractivity contribution in [1.29, 1.82) is 0 Å². The molecule has 1 aromatic rings. The fourth-order valence-corrected chi connectivity index (χ4v) is 3.01. The fraction of sp³-hybridized carbons (Fsp3) is 0.609. The molecular weight excluding hydrogens is 469 g/mol. The van der Waals surface area contributed by atoms with Crippen LogP contribution in [0.5, 0.6) is 0 Å². The number of rotatable bonds is 9. The fourth-order valence-electron chi connectivity index (χ4n) is 2.36. The van der Waals surface area contributed by atoms with Crippen molar-refractivity contribution in [2.45, 2.75) is 80.9 Å². The van der Waals surface area contributed by atoms with Gasteiger partial charge in [0.15, 0.2) is 0 Å². The number of anilines is 1. The van der Waals surface area contributed by atoms with Crippen LogP contribution in [0.1, 0.15) is 63.8 Å². The summed E-state index contributed by atoms with van der Waals surface area (Å²) < 4.78 is 41.4. The Morgan fingerprint density at radius 1 is 0.971 bits per heavy atom. The molecule has 3 unspecified atom stereocenters. The summed E-state index contributed by atoms with van der Waals surface area (Å²) in [7, 11) is -1.52. The molecule has 3 atom stereocenters. The Bertz CT molecular complexity index is 815. The Hall–Kier alpha value is -2.21. The monoisotopic (exact) mass is 515 g/mol. The van der Waals surface area contributed by atoms with E-state index in [0.717, 1.165) is 6.07 Å². The predicted octanol–water partition coefficient (Wildman–Crippen LogP) is 4.81. The van der Waals surface area contributed by atoms with Crippen LogP contribution >= 0.6 is 0 Å². The number of methoxy groups -OCH3 is 2. The Kier molecular flexibility index (Phi) is 28.4. The first-order chi connectivity index (χ1) is 13.3. The molecule has 0 saturated heterocycles. The maximum atomic E-state index is 12.1. The van der Waals surface area contributed by atoms with Gasteiger partial charge in [-0.1, -0.05) is 41.8 Å². The van der Waals surface area contributed by atoms with E-state index in [9.17, 15) is 22.8 Å². The van der Waals surface area contributed by atoms with E-state index in [1.807, 2.05) is 6.92 Å². The molecular formula is C23H46FNO8S. The van der Waals surface area contributed by atoms with Gasteiger partial charge in [0.1, 0.15) is 22.4 Å². The second-order valence-electron chi connectivity index (χ2n) is 6.44. The predicted molar refractivity (Wildman–Crippen MR) is 137 cm³/mol. The minimum Gasteiger partial charge on any atom is -0.381 e. The Balaban J connectivity index is -0.000000132. The molecule has 34 heavy (non-hydrogen) atoms. The number of hydrogen-bond donors (Lipinski definition) is 2. The van der Waals surface area contributed by atoms with Gasteiger partial charge >= 0.3 is 0 Å². The number of amides is 1. The van der Waals surface area contributed by atoms with Crippen LogP contribution in [-0.2, 0) is 34.0 Å². The quantitative estimate of drug-likeness (QED) is 0.353. The van der Waals surface area contributed by atoms with Crippen LogP contribution < -0.4 is 5.32 Å². The number of ketones is 2. The van der Waals surface area contributed by atoms with Crippen LogP contribution in [0.4, 0.5) is 10.4 Å². The molecule has 1 aromatic carbocycles. The molecule has 2 N–H and O–H groups in total. The summed E-state index contributed by atoms with van der Waals surface area (Å²) in [6.07, 6.45) is -0.0656. The van der Waals surface area contributed by atoms with E-state index in [2.05, 4.69) is 5.32 Å². The van der Waals surface area contributed by atoms with Crippen LogP contribution in [-0.4, -0.2) is 56.9 Å². The average molecular weight is 516 g/mol. The lowest BCUT2D eigenvalue weighted by atomic mass is 9.98. The van der Waals surface area contributed by atoms with E-state index < -0.39 is 38.7 Å². The average Bonchev–Trinajstić information content (AvgIpc) is 2.60. The largest absolute Gasteiger partial charge is 0.381 e. The summed E-state index contributed by atoms with van der Waals surface area (Å²) in [5.74, 6) is -2.01. The lowest BCUT2D eigenvalue weighted by Crippen LogP contribution is -2.37. The van der Waals surface area contributed by atoms with Gasteiger partial charge in [0, 0.05) is 20.6 Å². The van der Waals surface area contributed by atoms with Crippen molar-refractivity contribution in [1.82, 2.24) is 0 Å². The highest BCUT2D eigenvalue weighted by molar-refractivity contribution is 7.86. The molecule has 0 fully saturated rings. The van der Waals surface area contributed by atoms with Crippen LogP contribution in [0.3, 0.4) is 0 Å². The minimum atomic E-state index is -4.48. The number of halogens is 1. The van der Waals surface area contributed by atoms with Crippen LogP contribution in [0, 0.1) is 5.92 Å². The second-order valence-corrected chi connectivity index (χ2v) is 7.83. The SMILES string of the molecule is C.C.C.C.COC(C)C(C(C)=O)C(=O)Nc1ccccc1S(=O)(=O)O.COC(C)CC(C)=O.F. The van der Waals surface area contributed by atoms with Gasteiger partial charge in [0.05, 0.1) is 17.9 Å². The van der Waals surface area contributed by atoms with Crippen molar-refractivity contribution >= 4 is 33.3 Å². The Labute approximate surface area is 205 Å². The zero-order valence-electron chi connectivity index (χ0n) is 17.9. The van der Waals surface area contributed by atoms with Crippen molar-refractivity contribution in [3.63, 3.8) is 0 Å². The van der Waals surface area contributed by atoms with Gasteiger partial charge in [-0.05, 0) is 39.8 Å². The highest BCUT2D eigenvalue weighted by atomic mass is 32.2. The number of carbonyl (C=O) groups excluding carboxylic acids is 3. The van der Waals surface area contributed by atoms with Gasteiger partial charge in [-0.3, -0.25) is 23.6 Å². The van der Waals surface area contributed by atoms with E-state index in [4.69, 9.17) is 14.0 Å². The molecule has 0 radical (unpaired) electrons. The van der Waals surface area contributed by atoms with Gasteiger partial charge < -0.3 is 14.8 Å². The number of ether oxygens (including phenoxy) is 2. The number of carbonyl (C=O) groups is 3. The van der Waals surface area contributed by atoms with Crippen molar-refractivity contribution in [3.8, 4) is 0 Å². The molecule has 0 aliphatic rings. The van der Waals surface area contributed by atoms with Gasteiger partial charge in [-0.25, -0.2) is 0 Å². The molecule has 204 valence electrons. The third-order valence-corrected chi connectivity index (χ3v) is 4.87. The highest BCUT2D eigenvalue weighted by Gasteiger charge is 2.30. The Morgan fingerprint density at radius 3 is 1.76 bits per heavy atom. The molecule has 11 heteroatoms. The van der Waals surface area contributed by atoms with Crippen LogP contribution in [0.15, 0.2) is 29.2 Å². The van der Waals surface area contributed by atoms with E-state index in [1.54, 1.807) is 21.0 Å². The summed E-state index contributed by atoms with van der Waals surface area (Å²) in [6, 6.07) is 5.36. The van der Waals surface area contributed by atoms with Crippen LogP contribution in [0.2, 0.25) is 0 Å². The Morgan fingerprint density at radius 2 is 1.44 bits per heavy atom. The number of benzene rings is 1. The maximum absolute atomic E-state index is 12.1. The van der Waals surface area contributed by atoms with Gasteiger partial charge in [-0.15, -0.1) is 0 Å². The van der Waals surface area contributed by atoms with E-state index in [1.165, 1.54) is 32.2 Å². The summed E-state index contributed by atoms with van der Waals surface area (Å²) in [5, 5.41) is 2.33. The third-order valence-electron chi connectivity index (χ3n) is 3.96. The lowest BCUT2D eigenvalue weighted by molar-refractivity contribution is -0.135. The number of nitrogens with one attached hydrogen (secondary N) is 1. The summed E-state index contributed by atoms with van der Waals surface area (Å²) in [5.41, 5.74) is -0.0976. The highest BCUT2D eigenvalue weighted by Crippen LogP contribution is 2.22. The maximum Gasteiger partial charge on any atom is 0.296 e. The van der Waals surface area contributed by atoms with Gasteiger partial charge in [0.2, 0.25) is 5.91 Å². The lowest BCUT2D eigenvalue weighted by Gasteiger charge is -2.20. The van der Waals surface area contributed by atoms with Crippen molar-refractivity contribution in [2.24, 2.45) is 5.92 Å². The molecule has 1 amide bonds. The third kappa shape index (κ3) is 16.4. The van der Waals surface area contributed by atoms with E-state index >= 15 is 0 Å². The molecule has 0 aromatic heterocycles. The standard InChI is InChI=1S/C13H17NO6S.C6H12O2.4CH4.FH/c1-8(15)12(9(2)20-3)13(16)14-10-6-4-5-7-11(10)21(17,18)19;1-5(7)4-6(2)8-3;;;;;/h4-7,9,12H,1-3H3,(H,14,16)(H,17,18,19);6H,4H2,1-3H3;4*1H4;1H. The molecule has 0 aliphatic heterocycles. The van der Waals surface area contributed by atoms with E-state index in [0.29, 0.717) is 6.42 Å². The van der Waals surface area contributed by atoms with Gasteiger partial charge in [-0.2, -0.15) is 8.42 Å². The van der Waals surface area contributed by atoms with Crippen molar-refractivity contribution in [3.05, 3.63) is 24.3 Å². The minimum absolute atomic E-state index is 0. The summed E-state index contributed by atoms with van der Waals surface area (Å²) in [4.78, 5) is 33.6. The zero-order chi connectivity index (χ0) is 22.8. The zero-order valence-corrected chi connectivity index (χ0v) is 18.7. The summed E-state index contributed by atoms with van der Waals surface area (Å²) >= 11 is 0. The van der Waals surface area contributed by atoms with Crippen LogP contribution in [0.25, 0.3) is 0 Å². The molecule has 0 spiro atoms. The first-order valence-corrected chi connectivity index (χ1v) is 10.2. The molecule has 0 bridgehead atoms. The number of para-hydroxylation sites is 1. The van der Waals surface area contributed by atoms with Crippen molar-refractivity contribution < 1.29 is 41.5 Å². The first kappa shape index (κ1) is 45.3. The number of Topliss-reactive ketones (excluding diaryl/α,β-unsaturated/α-hetero) is 2. The van der Waals surface area contributed by atoms with Crippen molar-refractivity contribution in [2.75, 3.05) is 19.5 Å². The normalized spacial score (nSPS) is 12.0. The molecule has 0 aliphatic carbocycles.